The van der Waals surface area contributed by atoms with Gasteiger partial charge < -0.3 is 13.6 Å². The number of anilines is 1. The van der Waals surface area contributed by atoms with Crippen molar-refractivity contribution in [2.75, 3.05) is 11.9 Å². The summed E-state index contributed by atoms with van der Waals surface area (Å²) in [5.41, 5.74) is 0.102. The Morgan fingerprint density at radius 1 is 1.06 bits per heavy atom. The van der Waals surface area contributed by atoms with Crippen LogP contribution in [0, 0.1) is 6.92 Å². The Hall–Kier alpha value is -4.47. The van der Waals surface area contributed by atoms with E-state index in [0.717, 1.165) is 4.90 Å². The predicted octanol–water partition coefficient (Wildman–Crippen LogP) is 3.61. The number of carbonyl (C=O) groups excluding carboxylic acids is 5. The second-order valence-corrected chi connectivity index (χ2v) is 7.50. The second-order valence-electron chi connectivity index (χ2n) is 7.50. The summed E-state index contributed by atoms with van der Waals surface area (Å²) in [5.74, 6) is -2.67. The molecule has 3 heterocycles. The van der Waals surface area contributed by atoms with Gasteiger partial charge in [-0.05, 0) is 51.1 Å². The fraction of sp³-hybridized carbons (Fsp3) is 0.208. The number of Topliss-reactive ketones (excluding diaryl/α,β-unsaturated/α-hetero) is 1. The number of ketones is 1. The highest BCUT2D eigenvalue weighted by Gasteiger charge is 2.37. The van der Waals surface area contributed by atoms with Crippen LogP contribution >= 0.6 is 0 Å². The average molecular weight is 464 g/mol. The van der Waals surface area contributed by atoms with Crippen LogP contribution in [0.25, 0.3) is 0 Å². The van der Waals surface area contributed by atoms with Gasteiger partial charge in [0.15, 0.2) is 5.78 Å². The van der Waals surface area contributed by atoms with Crippen LogP contribution in [0.1, 0.15) is 77.2 Å². The Morgan fingerprint density at radius 3 is 2.44 bits per heavy atom. The topological polar surface area (TPSA) is 136 Å². The van der Waals surface area contributed by atoms with Gasteiger partial charge in [0.05, 0.1) is 36.1 Å². The van der Waals surface area contributed by atoms with E-state index < -0.39 is 29.5 Å². The second kappa shape index (κ2) is 8.81. The van der Waals surface area contributed by atoms with Gasteiger partial charge in [-0.15, -0.1) is 0 Å². The SMILES string of the molecule is CCOC(=O)c1c(NC(=O)c2ccc3c(c2)C(=O)N(Cc2ccco2)C3=O)oc(C)c1C(C)=O. The molecule has 2 aromatic heterocycles. The van der Waals surface area contributed by atoms with Gasteiger partial charge in [-0.3, -0.25) is 29.4 Å². The molecule has 0 bridgehead atoms. The van der Waals surface area contributed by atoms with Gasteiger partial charge in [0.2, 0.25) is 5.88 Å². The maximum atomic E-state index is 12.9. The molecule has 0 fully saturated rings. The summed E-state index contributed by atoms with van der Waals surface area (Å²) in [4.78, 5) is 63.9. The first kappa shape index (κ1) is 22.7. The van der Waals surface area contributed by atoms with E-state index in [4.69, 9.17) is 13.6 Å². The van der Waals surface area contributed by atoms with Gasteiger partial charge in [0.1, 0.15) is 17.1 Å². The first-order valence-electron chi connectivity index (χ1n) is 10.4. The minimum Gasteiger partial charge on any atom is -0.467 e. The van der Waals surface area contributed by atoms with Crippen molar-refractivity contribution in [2.24, 2.45) is 0 Å². The normalized spacial score (nSPS) is 12.6. The molecule has 1 aliphatic rings. The highest BCUT2D eigenvalue weighted by molar-refractivity contribution is 6.22. The summed E-state index contributed by atoms with van der Waals surface area (Å²) in [6.45, 7) is 4.38. The number of amides is 3. The molecule has 3 amide bonds. The third-order valence-electron chi connectivity index (χ3n) is 5.27. The molecule has 0 unspecified atom stereocenters. The van der Waals surface area contributed by atoms with Crippen molar-refractivity contribution in [1.82, 2.24) is 4.90 Å². The molecule has 10 nitrogen and oxygen atoms in total. The molecule has 1 aliphatic heterocycles. The lowest BCUT2D eigenvalue weighted by atomic mass is 10.0. The molecule has 1 aromatic carbocycles. The lowest BCUT2D eigenvalue weighted by Gasteiger charge is -2.11. The maximum Gasteiger partial charge on any atom is 0.344 e. The Bertz CT molecular complexity index is 1330. The largest absolute Gasteiger partial charge is 0.467 e. The van der Waals surface area contributed by atoms with E-state index in [1.807, 2.05) is 0 Å². The van der Waals surface area contributed by atoms with Crippen molar-refractivity contribution >= 4 is 35.4 Å². The molecule has 0 saturated carbocycles. The van der Waals surface area contributed by atoms with Gasteiger partial charge in [0, 0.05) is 5.56 Å². The number of carbonyl (C=O) groups is 5. The summed E-state index contributed by atoms with van der Waals surface area (Å²) >= 11 is 0. The minimum atomic E-state index is -0.817. The van der Waals surface area contributed by atoms with E-state index in [1.165, 1.54) is 38.3 Å². The van der Waals surface area contributed by atoms with Crippen LogP contribution in [0.2, 0.25) is 0 Å². The van der Waals surface area contributed by atoms with E-state index in [9.17, 15) is 24.0 Å². The quantitative estimate of drug-likeness (QED) is 0.318. The summed E-state index contributed by atoms with van der Waals surface area (Å²) in [6, 6.07) is 7.34. The summed E-state index contributed by atoms with van der Waals surface area (Å²) < 4.78 is 15.7. The molecule has 4 rings (SSSR count). The molecule has 0 radical (unpaired) electrons. The summed E-state index contributed by atoms with van der Waals surface area (Å²) in [6.07, 6.45) is 1.44. The van der Waals surface area contributed by atoms with Crippen LogP contribution < -0.4 is 5.32 Å². The number of benzene rings is 1. The maximum absolute atomic E-state index is 12.9. The van der Waals surface area contributed by atoms with Gasteiger partial charge >= 0.3 is 5.97 Å². The summed E-state index contributed by atoms with van der Waals surface area (Å²) in [7, 11) is 0. The number of hydrogen-bond donors (Lipinski definition) is 1. The lowest BCUT2D eigenvalue weighted by Crippen LogP contribution is -2.28. The van der Waals surface area contributed by atoms with Crippen LogP contribution in [0.3, 0.4) is 0 Å². The molecule has 0 spiro atoms. The van der Waals surface area contributed by atoms with E-state index in [2.05, 4.69) is 5.32 Å². The minimum absolute atomic E-state index is 0.0112. The number of fused-ring (bicyclic) bond motifs is 1. The molecule has 174 valence electrons. The predicted molar refractivity (Wildman–Crippen MR) is 117 cm³/mol. The number of esters is 1. The van der Waals surface area contributed by atoms with Crippen molar-refractivity contribution in [3.8, 4) is 0 Å². The van der Waals surface area contributed by atoms with Crippen molar-refractivity contribution in [2.45, 2.75) is 27.3 Å². The number of furan rings is 2. The number of hydrogen-bond acceptors (Lipinski definition) is 8. The number of rotatable bonds is 7. The van der Waals surface area contributed by atoms with Gasteiger partial charge in [-0.25, -0.2) is 4.79 Å². The smallest absolute Gasteiger partial charge is 0.344 e. The zero-order valence-corrected chi connectivity index (χ0v) is 18.6. The first-order valence-corrected chi connectivity index (χ1v) is 10.4. The number of nitrogens with zero attached hydrogens (tertiary/aromatic N) is 1. The van der Waals surface area contributed by atoms with Crippen LogP contribution in [-0.4, -0.2) is 41.0 Å². The lowest BCUT2D eigenvalue weighted by molar-refractivity contribution is 0.0523. The van der Waals surface area contributed by atoms with E-state index in [1.54, 1.807) is 19.1 Å². The molecule has 3 aromatic rings. The number of nitrogens with one attached hydrogen (secondary N) is 1. The zero-order valence-electron chi connectivity index (χ0n) is 18.6. The summed E-state index contributed by atoms with van der Waals surface area (Å²) in [5, 5.41) is 2.46. The standard InChI is InChI=1S/C24H20N2O8/c1-4-32-24(31)19-18(12(2)27)13(3)34-21(19)25-20(28)14-7-8-16-17(10-14)23(30)26(22(16)29)11-15-6-5-9-33-15/h5-10H,4,11H2,1-3H3,(H,25,28). The van der Waals surface area contributed by atoms with Gasteiger partial charge in [-0.2, -0.15) is 0 Å². The van der Waals surface area contributed by atoms with E-state index >= 15 is 0 Å². The van der Waals surface area contributed by atoms with Crippen LogP contribution in [-0.2, 0) is 11.3 Å². The molecule has 0 atom stereocenters. The fourth-order valence-corrected chi connectivity index (χ4v) is 3.76. The molecular formula is C24H20N2O8. The van der Waals surface area contributed by atoms with Crippen LogP contribution in [0.5, 0.6) is 0 Å². The third kappa shape index (κ3) is 3.90. The van der Waals surface area contributed by atoms with Gasteiger partial charge in [0.25, 0.3) is 17.7 Å². The third-order valence-corrected chi connectivity index (χ3v) is 5.27. The Kier molecular flexibility index (Phi) is 5.89. The molecule has 10 heteroatoms. The van der Waals surface area contributed by atoms with Crippen molar-refractivity contribution in [1.29, 1.82) is 0 Å². The highest BCUT2D eigenvalue weighted by atomic mass is 16.5. The number of aryl methyl sites for hydroxylation is 1. The molecule has 1 N–H and O–H groups in total. The van der Waals surface area contributed by atoms with Crippen LogP contribution in [0.15, 0.2) is 45.4 Å². The van der Waals surface area contributed by atoms with Crippen molar-refractivity contribution in [3.63, 3.8) is 0 Å². The van der Waals surface area contributed by atoms with Crippen LogP contribution in [0.4, 0.5) is 5.88 Å². The van der Waals surface area contributed by atoms with E-state index in [-0.39, 0.29) is 52.6 Å². The Balaban J connectivity index is 1.62. The van der Waals surface area contributed by atoms with Gasteiger partial charge in [-0.1, -0.05) is 0 Å². The Labute approximate surface area is 193 Å². The monoisotopic (exact) mass is 464 g/mol. The number of imide groups is 1. The zero-order chi connectivity index (χ0) is 24.6. The highest BCUT2D eigenvalue weighted by Crippen LogP contribution is 2.30. The molecular weight excluding hydrogens is 444 g/mol. The first-order chi connectivity index (χ1) is 16.2. The fourth-order valence-electron chi connectivity index (χ4n) is 3.76. The van der Waals surface area contributed by atoms with Crippen molar-refractivity contribution < 1.29 is 37.5 Å². The molecule has 0 aliphatic carbocycles. The molecule has 0 saturated heterocycles. The average Bonchev–Trinajstić information content (AvgIpc) is 3.48. The van der Waals surface area contributed by atoms with Crippen molar-refractivity contribution in [3.05, 3.63) is 75.9 Å². The van der Waals surface area contributed by atoms with E-state index in [0.29, 0.717) is 5.76 Å². The molecule has 34 heavy (non-hydrogen) atoms. The number of ether oxygens (including phenoxy) is 1. The Morgan fingerprint density at radius 2 is 1.79 bits per heavy atom.